The van der Waals surface area contributed by atoms with Gasteiger partial charge >= 0.3 is 0 Å². The predicted octanol–water partition coefficient (Wildman–Crippen LogP) is 7.67. The lowest BCUT2D eigenvalue weighted by Gasteiger charge is -2.30. The highest BCUT2D eigenvalue weighted by molar-refractivity contribution is 7.16. The summed E-state index contributed by atoms with van der Waals surface area (Å²) < 4.78 is 5.29. The molecular weight excluding hydrogens is 490 g/mol. The van der Waals surface area contributed by atoms with Crippen molar-refractivity contribution in [1.82, 2.24) is 4.98 Å². The molecule has 1 heterocycles. The summed E-state index contributed by atoms with van der Waals surface area (Å²) in [5, 5.41) is 0.636. The number of carbonyl (C=O) groups excluding carboxylic acids is 1. The number of rotatable bonds is 8. The van der Waals surface area contributed by atoms with E-state index in [4.69, 9.17) is 4.74 Å². The quantitative estimate of drug-likeness (QED) is 0.237. The molecule has 1 aromatic heterocycles. The number of methoxy groups -OCH3 is 1. The van der Waals surface area contributed by atoms with Crippen molar-refractivity contribution in [3.63, 3.8) is 0 Å². The summed E-state index contributed by atoms with van der Waals surface area (Å²) in [7, 11) is 5.73. The van der Waals surface area contributed by atoms with Crippen LogP contribution in [0.25, 0.3) is 21.6 Å². The maximum absolute atomic E-state index is 13.9. The van der Waals surface area contributed by atoms with Crippen molar-refractivity contribution in [2.75, 3.05) is 31.0 Å². The minimum absolute atomic E-state index is 0.0883. The normalized spacial score (nSPS) is 13.8. The SMILES string of the molecule is COc1ncc(-c2cccc(N(Cc3ccc(-c4ccc(N(C)C)cc4)cc3)C(=O)C3CCCCC3)c2)s1. The number of nitrogens with zero attached hydrogens (tertiary/aromatic N) is 3. The number of ether oxygens (including phenoxy) is 1. The molecule has 196 valence electrons. The monoisotopic (exact) mass is 525 g/mol. The number of hydrogen-bond donors (Lipinski definition) is 0. The van der Waals surface area contributed by atoms with Gasteiger partial charge in [-0.05, 0) is 59.4 Å². The number of anilines is 2. The van der Waals surface area contributed by atoms with E-state index in [1.165, 1.54) is 34.6 Å². The van der Waals surface area contributed by atoms with Crippen LogP contribution in [0.3, 0.4) is 0 Å². The molecule has 38 heavy (non-hydrogen) atoms. The van der Waals surface area contributed by atoms with Gasteiger partial charge in [0, 0.05) is 37.6 Å². The first-order valence-electron chi connectivity index (χ1n) is 13.3. The van der Waals surface area contributed by atoms with E-state index in [0.29, 0.717) is 11.7 Å². The molecule has 1 saturated carbocycles. The van der Waals surface area contributed by atoms with E-state index in [0.717, 1.165) is 47.4 Å². The molecule has 1 fully saturated rings. The largest absolute Gasteiger partial charge is 0.473 e. The van der Waals surface area contributed by atoms with Gasteiger partial charge in [-0.25, -0.2) is 4.98 Å². The van der Waals surface area contributed by atoms with Gasteiger partial charge in [-0.1, -0.05) is 79.1 Å². The van der Waals surface area contributed by atoms with Gasteiger partial charge in [0.25, 0.3) is 5.19 Å². The van der Waals surface area contributed by atoms with Crippen molar-refractivity contribution in [1.29, 1.82) is 0 Å². The first kappa shape index (κ1) is 26.0. The summed E-state index contributed by atoms with van der Waals surface area (Å²) >= 11 is 1.51. The summed E-state index contributed by atoms with van der Waals surface area (Å²) in [6.45, 7) is 0.546. The van der Waals surface area contributed by atoms with Crippen molar-refractivity contribution in [3.8, 4) is 26.8 Å². The first-order chi connectivity index (χ1) is 18.5. The topological polar surface area (TPSA) is 45.7 Å². The van der Waals surface area contributed by atoms with Gasteiger partial charge in [0.1, 0.15) is 0 Å². The highest BCUT2D eigenvalue weighted by Gasteiger charge is 2.27. The molecular formula is C32H35N3O2S. The van der Waals surface area contributed by atoms with Crippen LogP contribution in [0.15, 0.2) is 79.0 Å². The van der Waals surface area contributed by atoms with E-state index in [2.05, 4.69) is 70.5 Å². The Kier molecular flexibility index (Phi) is 8.08. The third-order valence-electron chi connectivity index (χ3n) is 7.33. The summed E-state index contributed by atoms with van der Waals surface area (Å²) in [4.78, 5) is 23.3. The summed E-state index contributed by atoms with van der Waals surface area (Å²) in [5.74, 6) is 0.317. The second kappa shape index (κ2) is 11.8. The Bertz CT molecular complexity index is 1360. The molecule has 3 aromatic carbocycles. The number of benzene rings is 3. The molecule has 5 nitrogen and oxygen atoms in total. The minimum Gasteiger partial charge on any atom is -0.473 e. The van der Waals surface area contributed by atoms with Crippen LogP contribution in [0.1, 0.15) is 37.7 Å². The second-order valence-corrected chi connectivity index (χ2v) is 11.1. The van der Waals surface area contributed by atoms with Crippen LogP contribution in [-0.2, 0) is 11.3 Å². The van der Waals surface area contributed by atoms with Crippen molar-refractivity contribution < 1.29 is 9.53 Å². The molecule has 1 amide bonds. The van der Waals surface area contributed by atoms with E-state index in [9.17, 15) is 4.79 Å². The van der Waals surface area contributed by atoms with Crippen molar-refractivity contribution in [3.05, 3.63) is 84.6 Å². The lowest BCUT2D eigenvalue weighted by Crippen LogP contribution is -2.36. The lowest BCUT2D eigenvalue weighted by atomic mass is 9.88. The third-order valence-corrected chi connectivity index (χ3v) is 8.34. The van der Waals surface area contributed by atoms with E-state index in [1.54, 1.807) is 7.11 Å². The number of aromatic nitrogens is 1. The highest BCUT2D eigenvalue weighted by atomic mass is 32.1. The first-order valence-corrected chi connectivity index (χ1v) is 14.1. The van der Waals surface area contributed by atoms with Crippen LogP contribution < -0.4 is 14.5 Å². The van der Waals surface area contributed by atoms with Gasteiger partial charge in [0.15, 0.2) is 0 Å². The van der Waals surface area contributed by atoms with Crippen LogP contribution in [-0.4, -0.2) is 32.1 Å². The number of amides is 1. The summed E-state index contributed by atoms with van der Waals surface area (Å²) in [5.41, 5.74) is 6.62. The smallest absolute Gasteiger partial charge is 0.273 e. The van der Waals surface area contributed by atoms with Gasteiger partial charge in [-0.3, -0.25) is 4.79 Å². The zero-order valence-electron chi connectivity index (χ0n) is 22.4. The Morgan fingerprint density at radius 1 is 0.895 bits per heavy atom. The van der Waals surface area contributed by atoms with Gasteiger partial charge in [0.05, 0.1) is 18.5 Å². The Morgan fingerprint density at radius 2 is 1.58 bits per heavy atom. The summed E-state index contributed by atoms with van der Waals surface area (Å²) in [6, 6.07) is 25.4. The molecule has 0 aliphatic heterocycles. The predicted molar refractivity (Wildman–Crippen MR) is 158 cm³/mol. The Labute approximate surface area is 229 Å². The average molecular weight is 526 g/mol. The van der Waals surface area contributed by atoms with Gasteiger partial charge in [-0.2, -0.15) is 0 Å². The van der Waals surface area contributed by atoms with Crippen LogP contribution in [0.2, 0.25) is 0 Å². The van der Waals surface area contributed by atoms with E-state index < -0.39 is 0 Å². The molecule has 1 aliphatic rings. The van der Waals surface area contributed by atoms with Crippen LogP contribution in [0.5, 0.6) is 5.19 Å². The second-order valence-electron chi connectivity index (χ2n) is 10.1. The molecule has 0 atom stereocenters. The molecule has 0 unspecified atom stereocenters. The molecule has 0 N–H and O–H groups in total. The van der Waals surface area contributed by atoms with Crippen LogP contribution in [0.4, 0.5) is 11.4 Å². The number of carbonyl (C=O) groups is 1. The van der Waals surface area contributed by atoms with Gasteiger partial charge in [-0.15, -0.1) is 0 Å². The molecule has 4 aromatic rings. The van der Waals surface area contributed by atoms with Crippen molar-refractivity contribution in [2.45, 2.75) is 38.6 Å². The Hall–Kier alpha value is -3.64. The maximum atomic E-state index is 13.9. The fourth-order valence-electron chi connectivity index (χ4n) is 5.12. The molecule has 5 rings (SSSR count). The minimum atomic E-state index is 0.0883. The van der Waals surface area contributed by atoms with Gasteiger partial charge < -0.3 is 14.5 Å². The van der Waals surface area contributed by atoms with Crippen LogP contribution >= 0.6 is 11.3 Å². The molecule has 6 heteroatoms. The number of hydrogen-bond acceptors (Lipinski definition) is 5. The lowest BCUT2D eigenvalue weighted by molar-refractivity contribution is -0.123. The van der Waals surface area contributed by atoms with Crippen LogP contribution in [0, 0.1) is 5.92 Å². The maximum Gasteiger partial charge on any atom is 0.273 e. The standard InChI is InChI=1S/C32H35N3O2S/c1-34(2)28-18-16-25(17-19-28)24-14-12-23(13-15-24)22-35(31(36)26-8-5-4-6-9-26)29-11-7-10-27(20-29)30-21-33-32(37-3)38-30/h7,10-21,26H,4-6,8-9,22H2,1-3H3. The Morgan fingerprint density at radius 3 is 2.21 bits per heavy atom. The fourth-order valence-corrected chi connectivity index (χ4v) is 5.84. The molecule has 0 saturated heterocycles. The highest BCUT2D eigenvalue weighted by Crippen LogP contribution is 2.34. The van der Waals surface area contributed by atoms with Gasteiger partial charge in [0.2, 0.25) is 5.91 Å². The number of thiazole rings is 1. The Balaban J connectivity index is 1.41. The van der Waals surface area contributed by atoms with E-state index in [-0.39, 0.29) is 11.8 Å². The third kappa shape index (κ3) is 5.91. The zero-order chi connectivity index (χ0) is 26.5. The van der Waals surface area contributed by atoms with E-state index in [1.807, 2.05) is 37.3 Å². The van der Waals surface area contributed by atoms with Crippen molar-refractivity contribution in [2.24, 2.45) is 5.92 Å². The van der Waals surface area contributed by atoms with Crippen molar-refractivity contribution >= 4 is 28.6 Å². The molecule has 0 radical (unpaired) electrons. The molecule has 1 aliphatic carbocycles. The molecule has 0 spiro atoms. The zero-order valence-corrected chi connectivity index (χ0v) is 23.2. The fraction of sp³-hybridized carbons (Fsp3) is 0.312. The molecule has 0 bridgehead atoms. The average Bonchev–Trinajstić information content (AvgIpc) is 3.46. The van der Waals surface area contributed by atoms with E-state index >= 15 is 0 Å². The summed E-state index contributed by atoms with van der Waals surface area (Å²) in [6.07, 6.45) is 7.27.